The van der Waals surface area contributed by atoms with Crippen molar-refractivity contribution in [2.45, 2.75) is 354 Å². The zero-order valence-corrected chi connectivity index (χ0v) is 46.2. The van der Waals surface area contributed by atoms with E-state index >= 15 is 0 Å². The molecule has 0 fully saturated rings. The van der Waals surface area contributed by atoms with Crippen LogP contribution in [0.15, 0.2) is 12.2 Å². The number of allylic oxidation sites excluding steroid dienone is 2. The summed E-state index contributed by atoms with van der Waals surface area (Å²) in [6, 6.07) is 0. The summed E-state index contributed by atoms with van der Waals surface area (Å²) in [4.78, 5) is 38.0. The third-order valence-corrected chi connectivity index (χ3v) is 14.0. The van der Waals surface area contributed by atoms with E-state index in [0.717, 1.165) is 57.8 Å². The second-order valence-corrected chi connectivity index (χ2v) is 21.0. The molecule has 1 unspecified atom stereocenters. The van der Waals surface area contributed by atoms with Crippen LogP contribution in [-0.2, 0) is 28.6 Å². The number of carbonyl (C=O) groups is 3. The lowest BCUT2D eigenvalue weighted by Crippen LogP contribution is -2.30. The van der Waals surface area contributed by atoms with E-state index in [0.29, 0.717) is 19.3 Å². The quantitative estimate of drug-likeness (QED) is 0.0262. The highest BCUT2D eigenvalue weighted by Crippen LogP contribution is 2.18. The summed E-state index contributed by atoms with van der Waals surface area (Å²) in [5.74, 6) is -0.851. The first-order chi connectivity index (χ1) is 33.5. The Hall–Kier alpha value is -1.85. The van der Waals surface area contributed by atoms with Gasteiger partial charge in [0.2, 0.25) is 0 Å². The van der Waals surface area contributed by atoms with Gasteiger partial charge in [0.1, 0.15) is 13.2 Å². The minimum absolute atomic E-state index is 0.0661. The SMILES string of the molecule is CCCCCCCCC/C=C\CCCCCCCCCC(=O)OC(COC(=O)CCCCCCCCCC)COC(=O)CCCCCCCCCCCCCCCCCCCCCCCCCC. The van der Waals surface area contributed by atoms with Gasteiger partial charge in [-0.15, -0.1) is 0 Å². The van der Waals surface area contributed by atoms with Crippen molar-refractivity contribution in [3.05, 3.63) is 12.2 Å². The Morgan fingerprint density at radius 1 is 0.279 bits per heavy atom. The van der Waals surface area contributed by atoms with Crippen LogP contribution in [0, 0.1) is 0 Å². The van der Waals surface area contributed by atoms with E-state index in [4.69, 9.17) is 14.2 Å². The number of carbonyl (C=O) groups excluding carboxylic acids is 3. The average Bonchev–Trinajstić information content (AvgIpc) is 3.34. The van der Waals surface area contributed by atoms with Gasteiger partial charge in [0.05, 0.1) is 0 Å². The molecule has 0 radical (unpaired) electrons. The topological polar surface area (TPSA) is 78.9 Å². The van der Waals surface area contributed by atoms with Gasteiger partial charge in [-0.05, 0) is 44.9 Å². The number of ether oxygens (including phenoxy) is 3. The van der Waals surface area contributed by atoms with E-state index in [1.54, 1.807) is 0 Å². The molecule has 0 aliphatic rings. The van der Waals surface area contributed by atoms with Crippen LogP contribution in [0.4, 0.5) is 0 Å². The van der Waals surface area contributed by atoms with Crippen molar-refractivity contribution in [2.75, 3.05) is 13.2 Å². The van der Waals surface area contributed by atoms with Gasteiger partial charge in [-0.1, -0.05) is 296 Å². The summed E-state index contributed by atoms with van der Waals surface area (Å²) in [6.45, 7) is 6.67. The molecule has 0 N–H and O–H groups in total. The molecule has 0 bridgehead atoms. The maximum atomic E-state index is 12.8. The second-order valence-electron chi connectivity index (χ2n) is 21.0. The Kier molecular flexibility index (Phi) is 56.2. The van der Waals surface area contributed by atoms with Crippen molar-refractivity contribution in [1.29, 1.82) is 0 Å². The van der Waals surface area contributed by atoms with Crippen LogP contribution in [0.5, 0.6) is 0 Å². The highest BCUT2D eigenvalue weighted by atomic mass is 16.6. The number of hydrogen-bond donors (Lipinski definition) is 0. The molecule has 0 aliphatic heterocycles. The van der Waals surface area contributed by atoms with E-state index in [-0.39, 0.29) is 31.1 Å². The van der Waals surface area contributed by atoms with Gasteiger partial charge >= 0.3 is 17.9 Å². The Bertz CT molecular complexity index is 1060. The molecule has 0 rings (SSSR count). The second kappa shape index (κ2) is 57.7. The smallest absolute Gasteiger partial charge is 0.306 e. The van der Waals surface area contributed by atoms with E-state index in [1.165, 1.54) is 250 Å². The monoisotopic (exact) mass is 959 g/mol. The molecule has 6 heteroatoms. The molecular weight excluding hydrogens is 841 g/mol. The largest absolute Gasteiger partial charge is 0.462 e. The zero-order chi connectivity index (χ0) is 49.3. The minimum atomic E-state index is -0.766. The van der Waals surface area contributed by atoms with E-state index in [1.807, 2.05) is 0 Å². The molecule has 0 amide bonds. The lowest BCUT2D eigenvalue weighted by molar-refractivity contribution is -0.167. The van der Waals surface area contributed by atoms with Crippen LogP contribution in [0.2, 0.25) is 0 Å². The van der Waals surface area contributed by atoms with Gasteiger partial charge in [-0.2, -0.15) is 0 Å². The van der Waals surface area contributed by atoms with Crippen molar-refractivity contribution < 1.29 is 28.6 Å². The van der Waals surface area contributed by atoms with Gasteiger partial charge in [0, 0.05) is 19.3 Å². The van der Waals surface area contributed by atoms with E-state index in [9.17, 15) is 14.4 Å². The summed E-state index contributed by atoms with van der Waals surface area (Å²) in [5, 5.41) is 0. The van der Waals surface area contributed by atoms with Crippen molar-refractivity contribution in [3.63, 3.8) is 0 Å². The Labute approximate surface area is 424 Å². The fourth-order valence-electron chi connectivity index (χ4n) is 9.38. The van der Waals surface area contributed by atoms with Crippen LogP contribution in [0.25, 0.3) is 0 Å². The summed E-state index contributed by atoms with van der Waals surface area (Å²) < 4.78 is 16.8. The summed E-state index contributed by atoms with van der Waals surface area (Å²) in [6.07, 6.45) is 66.6. The Balaban J connectivity index is 4.12. The first-order valence-corrected chi connectivity index (χ1v) is 30.7. The van der Waals surface area contributed by atoms with Crippen LogP contribution in [0.1, 0.15) is 348 Å². The van der Waals surface area contributed by atoms with Crippen molar-refractivity contribution in [2.24, 2.45) is 0 Å². The number of hydrogen-bond acceptors (Lipinski definition) is 6. The first kappa shape index (κ1) is 66.2. The van der Waals surface area contributed by atoms with Crippen molar-refractivity contribution >= 4 is 17.9 Å². The number of esters is 3. The molecule has 68 heavy (non-hydrogen) atoms. The molecule has 402 valence electrons. The fraction of sp³-hybridized carbons (Fsp3) is 0.919. The zero-order valence-electron chi connectivity index (χ0n) is 46.2. The fourth-order valence-corrected chi connectivity index (χ4v) is 9.38. The average molecular weight is 960 g/mol. The Morgan fingerprint density at radius 3 is 0.735 bits per heavy atom. The predicted octanol–water partition coefficient (Wildman–Crippen LogP) is 20.5. The highest BCUT2D eigenvalue weighted by molar-refractivity contribution is 5.71. The summed E-state index contributed by atoms with van der Waals surface area (Å²) >= 11 is 0. The van der Waals surface area contributed by atoms with Gasteiger partial charge in [0.25, 0.3) is 0 Å². The van der Waals surface area contributed by atoms with Crippen LogP contribution in [-0.4, -0.2) is 37.2 Å². The van der Waals surface area contributed by atoms with Crippen LogP contribution < -0.4 is 0 Å². The molecule has 0 saturated heterocycles. The maximum Gasteiger partial charge on any atom is 0.306 e. The molecule has 6 nitrogen and oxygen atoms in total. The molecule has 0 aromatic heterocycles. The van der Waals surface area contributed by atoms with E-state index < -0.39 is 6.10 Å². The first-order valence-electron chi connectivity index (χ1n) is 30.7. The van der Waals surface area contributed by atoms with Gasteiger partial charge < -0.3 is 14.2 Å². The lowest BCUT2D eigenvalue weighted by atomic mass is 10.0. The van der Waals surface area contributed by atoms with Crippen molar-refractivity contribution in [1.82, 2.24) is 0 Å². The maximum absolute atomic E-state index is 12.8. The van der Waals surface area contributed by atoms with E-state index in [2.05, 4.69) is 32.9 Å². The van der Waals surface area contributed by atoms with Gasteiger partial charge in [-0.3, -0.25) is 14.4 Å². The predicted molar refractivity (Wildman–Crippen MR) is 293 cm³/mol. The molecule has 0 saturated carbocycles. The van der Waals surface area contributed by atoms with Crippen LogP contribution >= 0.6 is 0 Å². The van der Waals surface area contributed by atoms with Crippen molar-refractivity contribution in [3.8, 4) is 0 Å². The van der Waals surface area contributed by atoms with Crippen LogP contribution in [0.3, 0.4) is 0 Å². The molecule has 0 aromatic rings. The molecular formula is C62H118O6. The third-order valence-electron chi connectivity index (χ3n) is 14.0. The highest BCUT2D eigenvalue weighted by Gasteiger charge is 2.19. The standard InChI is InChI=1S/C62H118O6/c1-4-7-10-13-16-19-21-23-25-27-29-30-31-32-33-34-36-37-39-41-43-46-49-52-55-61(64)67-58-59(57-66-60(63)54-51-48-45-18-15-12-9-6-3)68-62(65)56-53-50-47-44-42-40-38-35-28-26-24-22-20-17-14-11-8-5-2/h26,28,59H,4-25,27,29-58H2,1-3H3/b28-26-. The minimum Gasteiger partial charge on any atom is -0.462 e. The number of unbranched alkanes of at least 4 members (excludes halogenated alkanes) is 44. The summed E-state index contributed by atoms with van der Waals surface area (Å²) in [5.41, 5.74) is 0. The molecule has 0 spiro atoms. The molecule has 1 atom stereocenters. The molecule has 0 heterocycles. The van der Waals surface area contributed by atoms with Gasteiger partial charge in [-0.25, -0.2) is 0 Å². The molecule has 0 aromatic carbocycles. The Morgan fingerprint density at radius 2 is 0.485 bits per heavy atom. The normalized spacial score (nSPS) is 12.0. The summed E-state index contributed by atoms with van der Waals surface area (Å²) in [7, 11) is 0. The van der Waals surface area contributed by atoms with Gasteiger partial charge in [0.15, 0.2) is 6.10 Å². The molecule has 0 aliphatic carbocycles. The third kappa shape index (κ3) is 55.1. The lowest BCUT2D eigenvalue weighted by Gasteiger charge is -2.18. The number of rotatable bonds is 57.